The second-order valence-corrected chi connectivity index (χ2v) is 6.55. The number of nitro groups is 1. The maximum absolute atomic E-state index is 12.8. The van der Waals surface area contributed by atoms with Gasteiger partial charge in [-0.1, -0.05) is 0 Å². The highest BCUT2D eigenvalue weighted by molar-refractivity contribution is 5.97. The topological polar surface area (TPSA) is 130 Å². The molecule has 0 atom stereocenters. The molecule has 1 aliphatic rings. The Hall–Kier alpha value is -2.77. The summed E-state index contributed by atoms with van der Waals surface area (Å²) in [6, 6.07) is 0.227. The second kappa shape index (κ2) is 9.82. The van der Waals surface area contributed by atoms with Crippen LogP contribution in [-0.2, 0) is 4.74 Å². The van der Waals surface area contributed by atoms with E-state index >= 15 is 0 Å². The number of nitrogens with one attached hydrogen (secondary N) is 1. The van der Waals surface area contributed by atoms with Gasteiger partial charge in [0.2, 0.25) is 11.7 Å². The van der Waals surface area contributed by atoms with Crippen molar-refractivity contribution in [1.82, 2.24) is 10.3 Å². The minimum Gasteiger partial charge on any atom is -0.475 e. The number of anilines is 1. The lowest BCUT2D eigenvalue weighted by Gasteiger charge is -2.30. The SMILES string of the molecule is Nc1nc(OCCOC(F)F)c(C(=O)NC2CCC(C(F)(F)F)CC2)cc1[N+](=O)[O-]. The summed E-state index contributed by atoms with van der Waals surface area (Å²) >= 11 is 0. The van der Waals surface area contributed by atoms with E-state index in [4.69, 9.17) is 10.5 Å². The van der Waals surface area contributed by atoms with Gasteiger partial charge in [-0.2, -0.15) is 26.9 Å². The predicted molar refractivity (Wildman–Crippen MR) is 92.0 cm³/mol. The van der Waals surface area contributed by atoms with Gasteiger partial charge in [0.05, 0.1) is 17.4 Å². The zero-order valence-electron chi connectivity index (χ0n) is 15.5. The maximum Gasteiger partial charge on any atom is 0.391 e. The van der Waals surface area contributed by atoms with Crippen LogP contribution < -0.4 is 15.8 Å². The van der Waals surface area contributed by atoms with E-state index in [1.807, 2.05) is 0 Å². The zero-order chi connectivity index (χ0) is 22.5. The zero-order valence-corrected chi connectivity index (χ0v) is 15.5. The molecule has 0 unspecified atom stereocenters. The molecule has 1 aromatic heterocycles. The summed E-state index contributed by atoms with van der Waals surface area (Å²) in [5, 5.41) is 13.6. The molecule has 0 saturated heterocycles. The molecule has 0 spiro atoms. The molecule has 0 radical (unpaired) electrons. The Labute approximate surface area is 166 Å². The highest BCUT2D eigenvalue weighted by Gasteiger charge is 2.41. The Kier molecular flexibility index (Phi) is 7.70. The standard InChI is InChI=1S/C16H19F5N4O5/c17-15(18)30-6-5-29-14-10(7-11(25(27)28)12(22)24-14)13(26)23-9-3-1-8(2-4-9)16(19,20)21/h7-9,15H,1-6H2,(H2,22,24)(H,23,26). The van der Waals surface area contributed by atoms with Crippen molar-refractivity contribution in [2.24, 2.45) is 5.92 Å². The first-order valence-electron chi connectivity index (χ1n) is 8.84. The molecule has 1 heterocycles. The number of pyridine rings is 1. The molecular weight excluding hydrogens is 423 g/mol. The van der Waals surface area contributed by atoms with E-state index < -0.39 is 71.7 Å². The molecule has 9 nitrogen and oxygen atoms in total. The van der Waals surface area contributed by atoms with Crippen LogP contribution in [0.5, 0.6) is 5.88 Å². The number of amides is 1. The number of hydrogen-bond donors (Lipinski definition) is 2. The molecule has 1 aromatic rings. The summed E-state index contributed by atoms with van der Waals surface area (Å²) in [6.07, 6.45) is -4.50. The second-order valence-electron chi connectivity index (χ2n) is 6.55. The highest BCUT2D eigenvalue weighted by atomic mass is 19.4. The molecule has 0 bridgehead atoms. The van der Waals surface area contributed by atoms with Gasteiger partial charge in [0.1, 0.15) is 12.2 Å². The fraction of sp³-hybridized carbons (Fsp3) is 0.625. The molecule has 30 heavy (non-hydrogen) atoms. The number of rotatable bonds is 8. The van der Waals surface area contributed by atoms with E-state index in [9.17, 15) is 36.9 Å². The fourth-order valence-electron chi connectivity index (χ4n) is 3.02. The van der Waals surface area contributed by atoms with Crippen molar-refractivity contribution in [3.8, 4) is 5.88 Å². The van der Waals surface area contributed by atoms with Crippen LogP contribution in [0.1, 0.15) is 36.0 Å². The van der Waals surface area contributed by atoms with Gasteiger partial charge < -0.3 is 20.5 Å². The van der Waals surface area contributed by atoms with Gasteiger partial charge in [-0.25, -0.2) is 0 Å². The lowest BCUT2D eigenvalue weighted by atomic mass is 9.85. The largest absolute Gasteiger partial charge is 0.475 e. The van der Waals surface area contributed by atoms with Crippen molar-refractivity contribution in [2.75, 3.05) is 18.9 Å². The Morgan fingerprint density at radius 1 is 1.30 bits per heavy atom. The van der Waals surface area contributed by atoms with Crippen molar-refractivity contribution < 1.29 is 41.1 Å². The lowest BCUT2D eigenvalue weighted by Crippen LogP contribution is -2.40. The number of nitrogens with zero attached hydrogens (tertiary/aromatic N) is 2. The first-order chi connectivity index (χ1) is 14.0. The molecule has 1 fully saturated rings. The Balaban J connectivity index is 2.11. The minimum atomic E-state index is -4.31. The number of hydrogen-bond acceptors (Lipinski definition) is 7. The number of carbonyl (C=O) groups excluding carboxylic acids is 1. The third-order valence-electron chi connectivity index (χ3n) is 4.53. The minimum absolute atomic E-state index is 0.0683. The summed E-state index contributed by atoms with van der Waals surface area (Å²) in [7, 11) is 0. The summed E-state index contributed by atoms with van der Waals surface area (Å²) in [6.45, 7) is -4.05. The summed E-state index contributed by atoms with van der Waals surface area (Å²) in [4.78, 5) is 26.4. The van der Waals surface area contributed by atoms with Gasteiger partial charge in [-0.3, -0.25) is 14.9 Å². The molecule has 0 aliphatic heterocycles. The summed E-state index contributed by atoms with van der Waals surface area (Å²) < 4.78 is 71.4. The van der Waals surface area contributed by atoms with Gasteiger partial charge in [0.15, 0.2) is 0 Å². The lowest BCUT2D eigenvalue weighted by molar-refractivity contribution is -0.384. The molecule has 168 valence electrons. The van der Waals surface area contributed by atoms with Crippen LogP contribution in [0.2, 0.25) is 0 Å². The van der Waals surface area contributed by atoms with E-state index in [-0.39, 0.29) is 25.7 Å². The van der Waals surface area contributed by atoms with Gasteiger partial charge in [-0.15, -0.1) is 0 Å². The number of alkyl halides is 5. The Morgan fingerprint density at radius 3 is 2.47 bits per heavy atom. The quantitative estimate of drug-likeness (QED) is 0.274. The number of carbonyl (C=O) groups is 1. The number of nitrogens with two attached hydrogens (primary N) is 1. The van der Waals surface area contributed by atoms with Gasteiger partial charge in [-0.05, 0) is 25.7 Å². The van der Waals surface area contributed by atoms with Gasteiger partial charge in [0, 0.05) is 12.1 Å². The number of nitrogen functional groups attached to an aromatic ring is 1. The van der Waals surface area contributed by atoms with Gasteiger partial charge in [0.25, 0.3) is 5.91 Å². The van der Waals surface area contributed by atoms with Crippen LogP contribution in [0.15, 0.2) is 6.07 Å². The van der Waals surface area contributed by atoms with Crippen molar-refractivity contribution in [3.63, 3.8) is 0 Å². The average Bonchev–Trinajstić information content (AvgIpc) is 2.64. The van der Waals surface area contributed by atoms with Crippen molar-refractivity contribution in [2.45, 2.75) is 44.5 Å². The molecule has 1 amide bonds. The van der Waals surface area contributed by atoms with Crippen molar-refractivity contribution in [3.05, 3.63) is 21.7 Å². The molecule has 14 heteroatoms. The molecule has 1 saturated carbocycles. The fourth-order valence-corrected chi connectivity index (χ4v) is 3.02. The van der Waals surface area contributed by atoms with E-state index in [1.54, 1.807) is 0 Å². The molecule has 3 N–H and O–H groups in total. The average molecular weight is 442 g/mol. The Morgan fingerprint density at radius 2 is 1.93 bits per heavy atom. The number of ether oxygens (including phenoxy) is 2. The molecular formula is C16H19F5N4O5. The first-order valence-corrected chi connectivity index (χ1v) is 8.84. The monoisotopic (exact) mass is 442 g/mol. The van der Waals surface area contributed by atoms with Gasteiger partial charge >= 0.3 is 18.5 Å². The van der Waals surface area contributed by atoms with E-state index in [0.717, 1.165) is 6.07 Å². The van der Waals surface area contributed by atoms with Crippen molar-refractivity contribution in [1.29, 1.82) is 0 Å². The van der Waals surface area contributed by atoms with E-state index in [1.165, 1.54) is 0 Å². The summed E-state index contributed by atoms with van der Waals surface area (Å²) in [5.74, 6) is -3.33. The Bertz CT molecular complexity index is 769. The molecule has 0 aromatic carbocycles. The third kappa shape index (κ3) is 6.37. The van der Waals surface area contributed by atoms with Crippen LogP contribution >= 0.6 is 0 Å². The number of halogens is 5. The van der Waals surface area contributed by atoms with E-state index in [2.05, 4.69) is 15.0 Å². The first kappa shape index (κ1) is 23.5. The normalized spacial score (nSPS) is 19.5. The predicted octanol–water partition coefficient (Wildman–Crippen LogP) is 3.04. The van der Waals surface area contributed by atoms with Crippen LogP contribution in [0.4, 0.5) is 33.5 Å². The van der Waals surface area contributed by atoms with Crippen LogP contribution in [0.3, 0.4) is 0 Å². The molecule has 2 rings (SSSR count). The summed E-state index contributed by atoms with van der Waals surface area (Å²) in [5.41, 5.74) is 4.38. The maximum atomic E-state index is 12.8. The van der Waals surface area contributed by atoms with Crippen LogP contribution in [-0.4, -0.2) is 47.9 Å². The van der Waals surface area contributed by atoms with Crippen LogP contribution in [0.25, 0.3) is 0 Å². The van der Waals surface area contributed by atoms with Crippen LogP contribution in [0, 0.1) is 16.0 Å². The number of aromatic nitrogens is 1. The van der Waals surface area contributed by atoms with Crippen molar-refractivity contribution >= 4 is 17.4 Å². The van der Waals surface area contributed by atoms with E-state index in [0.29, 0.717) is 0 Å². The highest BCUT2D eigenvalue weighted by Crippen LogP contribution is 2.37. The third-order valence-corrected chi connectivity index (χ3v) is 4.53. The molecule has 1 aliphatic carbocycles. The smallest absolute Gasteiger partial charge is 0.391 e.